The monoisotopic (exact) mass is 440 g/mol. The van der Waals surface area contributed by atoms with E-state index in [4.69, 9.17) is 4.42 Å². The van der Waals surface area contributed by atoms with Crippen LogP contribution in [0.2, 0.25) is 0 Å². The van der Waals surface area contributed by atoms with Crippen LogP contribution in [0, 0.1) is 13.8 Å². The van der Waals surface area contributed by atoms with Gasteiger partial charge in [-0.25, -0.2) is 9.78 Å². The largest absolute Gasteiger partial charge is 0.467 e. The van der Waals surface area contributed by atoms with E-state index in [1.165, 1.54) is 5.56 Å². The Morgan fingerprint density at radius 1 is 0.970 bits per heavy atom. The molecule has 5 rings (SSSR count). The number of benzene rings is 2. The summed E-state index contributed by atoms with van der Waals surface area (Å²) in [7, 11) is 0. The normalized spacial score (nSPS) is 12.3. The third-order valence-corrected chi connectivity index (χ3v) is 5.56. The van der Waals surface area contributed by atoms with Crippen molar-refractivity contribution in [2.45, 2.75) is 26.7 Å². The predicted molar refractivity (Wildman–Crippen MR) is 130 cm³/mol. The molecule has 4 aromatic rings. The Labute approximate surface area is 191 Å². The molecular formula is C25H24N6O2. The molecule has 6 bridgehead atoms. The lowest BCUT2D eigenvalue weighted by atomic mass is 10.0. The smallest absolute Gasteiger partial charge is 0.323 e. The van der Waals surface area contributed by atoms with Crippen molar-refractivity contribution in [3.8, 4) is 0 Å². The second-order valence-electron chi connectivity index (χ2n) is 8.02. The van der Waals surface area contributed by atoms with Crippen molar-refractivity contribution in [1.82, 2.24) is 9.97 Å². The van der Waals surface area contributed by atoms with Gasteiger partial charge in [-0.05, 0) is 68.1 Å². The molecule has 2 amide bonds. The molecule has 8 heteroatoms. The zero-order chi connectivity index (χ0) is 22.8. The molecule has 0 unspecified atom stereocenters. The van der Waals surface area contributed by atoms with Crippen molar-refractivity contribution in [2.75, 3.05) is 21.3 Å². The first-order chi connectivity index (χ1) is 16.0. The Hall–Kier alpha value is -4.33. The molecule has 0 atom stereocenters. The van der Waals surface area contributed by atoms with Gasteiger partial charge in [0.2, 0.25) is 5.95 Å². The SMILES string of the molecule is Cc1cnc2nc1Nc1ccc(NC(=O)Nc3ccoc3C)c(c1)CCc1cccc(c1)N2. The Morgan fingerprint density at radius 3 is 2.67 bits per heavy atom. The van der Waals surface area contributed by atoms with Crippen LogP contribution < -0.4 is 21.3 Å². The number of hydrogen-bond donors (Lipinski definition) is 4. The van der Waals surface area contributed by atoms with Crippen LogP contribution in [0.3, 0.4) is 0 Å². The van der Waals surface area contributed by atoms with Crippen LogP contribution in [0.5, 0.6) is 0 Å². The van der Waals surface area contributed by atoms with E-state index < -0.39 is 0 Å². The second kappa shape index (κ2) is 8.66. The van der Waals surface area contributed by atoms with Gasteiger partial charge < -0.3 is 25.7 Å². The van der Waals surface area contributed by atoms with Gasteiger partial charge in [0, 0.05) is 34.9 Å². The van der Waals surface area contributed by atoms with Crippen molar-refractivity contribution in [1.29, 1.82) is 0 Å². The molecule has 3 heterocycles. The van der Waals surface area contributed by atoms with E-state index in [-0.39, 0.29) is 6.03 Å². The number of urea groups is 1. The average Bonchev–Trinajstić information content (AvgIpc) is 3.20. The topological polar surface area (TPSA) is 104 Å². The summed E-state index contributed by atoms with van der Waals surface area (Å²) in [6, 6.07) is 15.5. The molecule has 1 aliphatic rings. The highest BCUT2D eigenvalue weighted by atomic mass is 16.3. The number of carbonyl (C=O) groups excluding carboxylic acids is 1. The zero-order valence-electron chi connectivity index (χ0n) is 18.4. The van der Waals surface area contributed by atoms with Gasteiger partial charge in [0.15, 0.2) is 0 Å². The number of furan rings is 1. The van der Waals surface area contributed by atoms with E-state index in [1.54, 1.807) is 25.5 Å². The minimum atomic E-state index is -0.318. The quantitative estimate of drug-likeness (QED) is 0.309. The molecular weight excluding hydrogens is 416 g/mol. The van der Waals surface area contributed by atoms with E-state index in [9.17, 15) is 4.79 Å². The number of carbonyl (C=O) groups is 1. The van der Waals surface area contributed by atoms with E-state index in [0.717, 1.165) is 46.8 Å². The predicted octanol–water partition coefficient (Wildman–Crippen LogP) is 5.92. The Balaban J connectivity index is 1.48. The number of amides is 2. The van der Waals surface area contributed by atoms with Crippen molar-refractivity contribution in [3.05, 3.63) is 83.4 Å². The maximum absolute atomic E-state index is 12.6. The van der Waals surface area contributed by atoms with Crippen LogP contribution in [0.15, 0.2) is 65.4 Å². The number of nitrogens with one attached hydrogen (secondary N) is 4. The van der Waals surface area contributed by atoms with Gasteiger partial charge in [0.1, 0.15) is 11.6 Å². The Bertz CT molecular complexity index is 1330. The van der Waals surface area contributed by atoms with Gasteiger partial charge in [-0.1, -0.05) is 12.1 Å². The molecule has 0 radical (unpaired) electrons. The fourth-order valence-corrected chi connectivity index (χ4v) is 3.77. The van der Waals surface area contributed by atoms with Gasteiger partial charge in [0.05, 0.1) is 12.0 Å². The first kappa shape index (κ1) is 20.6. The van der Waals surface area contributed by atoms with Gasteiger partial charge in [-0.3, -0.25) is 0 Å². The third kappa shape index (κ3) is 4.64. The second-order valence-corrected chi connectivity index (χ2v) is 8.02. The summed E-state index contributed by atoms with van der Waals surface area (Å²) in [5.41, 5.74) is 6.34. The number of hydrogen-bond acceptors (Lipinski definition) is 6. The third-order valence-electron chi connectivity index (χ3n) is 5.56. The molecule has 0 spiro atoms. The molecule has 0 fully saturated rings. The van der Waals surface area contributed by atoms with Gasteiger partial charge in [-0.2, -0.15) is 4.98 Å². The van der Waals surface area contributed by atoms with E-state index in [0.29, 0.717) is 17.4 Å². The van der Waals surface area contributed by atoms with Gasteiger partial charge in [0.25, 0.3) is 0 Å². The lowest BCUT2D eigenvalue weighted by molar-refractivity contribution is 0.262. The Morgan fingerprint density at radius 2 is 1.82 bits per heavy atom. The van der Waals surface area contributed by atoms with Gasteiger partial charge >= 0.3 is 6.03 Å². The zero-order valence-corrected chi connectivity index (χ0v) is 18.4. The van der Waals surface area contributed by atoms with Crippen LogP contribution in [0.25, 0.3) is 0 Å². The summed E-state index contributed by atoms with van der Waals surface area (Å²) >= 11 is 0. The van der Waals surface area contributed by atoms with Crippen LogP contribution >= 0.6 is 0 Å². The molecule has 33 heavy (non-hydrogen) atoms. The van der Waals surface area contributed by atoms with Gasteiger partial charge in [-0.15, -0.1) is 0 Å². The summed E-state index contributed by atoms with van der Waals surface area (Å²) < 4.78 is 5.26. The minimum Gasteiger partial charge on any atom is -0.467 e. The summed E-state index contributed by atoms with van der Waals surface area (Å²) in [6.45, 7) is 3.77. The fourth-order valence-electron chi connectivity index (χ4n) is 3.77. The molecule has 0 aliphatic carbocycles. The highest BCUT2D eigenvalue weighted by Gasteiger charge is 2.13. The van der Waals surface area contributed by atoms with Crippen LogP contribution in [0.1, 0.15) is 22.5 Å². The number of nitrogens with zero attached hydrogens (tertiary/aromatic N) is 2. The molecule has 0 saturated carbocycles. The van der Waals surface area contributed by atoms with Crippen molar-refractivity contribution < 1.29 is 9.21 Å². The van der Waals surface area contributed by atoms with E-state index >= 15 is 0 Å². The average molecular weight is 441 g/mol. The standard InChI is InChI=1S/C25H24N6O2/c1-15-14-26-24-28-19-5-3-4-17(12-19)6-7-18-13-20(27-23(15)31-24)8-9-22(18)30-25(32)29-21-10-11-33-16(21)2/h3-5,8-14H,6-7H2,1-2H3,(H2,29,30,32)(H2,26,27,28,31). The highest BCUT2D eigenvalue weighted by Crippen LogP contribution is 2.28. The van der Waals surface area contributed by atoms with Crippen LogP contribution in [-0.2, 0) is 12.8 Å². The molecule has 2 aromatic carbocycles. The minimum absolute atomic E-state index is 0.318. The lowest BCUT2D eigenvalue weighted by Gasteiger charge is -2.15. The first-order valence-corrected chi connectivity index (χ1v) is 10.8. The summed E-state index contributed by atoms with van der Waals surface area (Å²) in [5, 5.41) is 12.5. The number of fused-ring (bicyclic) bond motifs is 6. The molecule has 8 nitrogen and oxygen atoms in total. The summed E-state index contributed by atoms with van der Waals surface area (Å²) in [6.07, 6.45) is 4.91. The van der Waals surface area contributed by atoms with Crippen LogP contribution in [0.4, 0.5) is 39.3 Å². The molecule has 1 aliphatic heterocycles. The van der Waals surface area contributed by atoms with Crippen molar-refractivity contribution in [3.63, 3.8) is 0 Å². The number of rotatable bonds is 2. The van der Waals surface area contributed by atoms with E-state index in [1.807, 2.05) is 31.2 Å². The molecule has 2 aromatic heterocycles. The number of aryl methyl sites for hydroxylation is 4. The number of anilines is 6. The van der Waals surface area contributed by atoms with E-state index in [2.05, 4.69) is 49.4 Å². The maximum atomic E-state index is 12.6. The van der Waals surface area contributed by atoms with Crippen molar-refractivity contribution >= 4 is 40.5 Å². The number of aromatic nitrogens is 2. The highest BCUT2D eigenvalue weighted by molar-refractivity contribution is 6.00. The fraction of sp³-hybridized carbons (Fsp3) is 0.160. The Kier molecular flexibility index (Phi) is 5.40. The van der Waals surface area contributed by atoms with Crippen LogP contribution in [-0.4, -0.2) is 16.0 Å². The summed E-state index contributed by atoms with van der Waals surface area (Å²) in [4.78, 5) is 21.7. The first-order valence-electron chi connectivity index (χ1n) is 10.8. The van der Waals surface area contributed by atoms with Crippen molar-refractivity contribution in [2.24, 2.45) is 0 Å². The maximum Gasteiger partial charge on any atom is 0.323 e. The molecule has 4 N–H and O–H groups in total. The lowest BCUT2D eigenvalue weighted by Crippen LogP contribution is -2.20. The molecule has 0 saturated heterocycles. The molecule has 166 valence electrons. The summed E-state index contributed by atoms with van der Waals surface area (Å²) in [5.74, 6) is 1.91.